The van der Waals surface area contributed by atoms with Gasteiger partial charge in [-0.25, -0.2) is 4.39 Å². The van der Waals surface area contributed by atoms with E-state index in [1.165, 1.54) is 12.1 Å². The number of rotatable bonds is 4. The minimum atomic E-state index is -0.354. The Kier molecular flexibility index (Phi) is 3.73. The van der Waals surface area contributed by atoms with Crippen molar-refractivity contribution < 1.29 is 9.13 Å². The molecule has 1 unspecified atom stereocenters. The SMILES string of the molecule is COC(Nc1ccccc1)c1cccc(F)c1. The third kappa shape index (κ3) is 3.04. The van der Waals surface area contributed by atoms with Gasteiger partial charge in [-0.1, -0.05) is 30.3 Å². The number of benzene rings is 2. The summed E-state index contributed by atoms with van der Waals surface area (Å²) in [6, 6.07) is 16.0. The van der Waals surface area contributed by atoms with Gasteiger partial charge in [-0.3, -0.25) is 0 Å². The summed E-state index contributed by atoms with van der Waals surface area (Å²) in [4.78, 5) is 0. The predicted molar refractivity (Wildman–Crippen MR) is 66.2 cm³/mol. The summed E-state index contributed by atoms with van der Waals surface area (Å²) in [7, 11) is 1.59. The highest BCUT2D eigenvalue weighted by Crippen LogP contribution is 2.20. The number of anilines is 1. The van der Waals surface area contributed by atoms with Gasteiger partial charge in [0.25, 0.3) is 0 Å². The predicted octanol–water partition coefficient (Wildman–Crippen LogP) is 3.58. The van der Waals surface area contributed by atoms with E-state index in [0.717, 1.165) is 11.3 Å². The zero-order chi connectivity index (χ0) is 12.1. The largest absolute Gasteiger partial charge is 0.357 e. The molecule has 0 radical (unpaired) electrons. The van der Waals surface area contributed by atoms with E-state index < -0.39 is 0 Å². The summed E-state index contributed by atoms with van der Waals surface area (Å²) in [5.74, 6) is -0.264. The fourth-order valence-corrected chi connectivity index (χ4v) is 1.63. The minimum Gasteiger partial charge on any atom is -0.357 e. The van der Waals surface area contributed by atoms with Crippen molar-refractivity contribution in [1.82, 2.24) is 0 Å². The third-order valence-electron chi connectivity index (χ3n) is 2.46. The van der Waals surface area contributed by atoms with Crippen LogP contribution in [0.1, 0.15) is 11.8 Å². The van der Waals surface area contributed by atoms with Crippen molar-refractivity contribution in [2.75, 3.05) is 12.4 Å². The fraction of sp³-hybridized carbons (Fsp3) is 0.143. The first-order valence-electron chi connectivity index (χ1n) is 5.39. The van der Waals surface area contributed by atoms with Crippen molar-refractivity contribution in [2.45, 2.75) is 6.23 Å². The normalized spacial score (nSPS) is 12.1. The molecule has 2 rings (SSSR count). The van der Waals surface area contributed by atoms with E-state index in [0.29, 0.717) is 0 Å². The molecule has 0 aliphatic carbocycles. The topological polar surface area (TPSA) is 21.3 Å². The van der Waals surface area contributed by atoms with E-state index in [4.69, 9.17) is 4.74 Å². The highest BCUT2D eigenvalue weighted by Gasteiger charge is 2.10. The lowest BCUT2D eigenvalue weighted by molar-refractivity contribution is 0.126. The molecule has 2 aromatic carbocycles. The van der Waals surface area contributed by atoms with Crippen LogP contribution in [0.25, 0.3) is 0 Å². The Bertz CT molecular complexity index is 473. The van der Waals surface area contributed by atoms with Crippen LogP contribution in [-0.4, -0.2) is 7.11 Å². The summed E-state index contributed by atoms with van der Waals surface area (Å²) in [5.41, 5.74) is 1.69. The van der Waals surface area contributed by atoms with Gasteiger partial charge in [0.05, 0.1) is 0 Å². The maximum atomic E-state index is 13.1. The van der Waals surface area contributed by atoms with Gasteiger partial charge >= 0.3 is 0 Å². The standard InChI is InChI=1S/C14H14FNO/c1-17-14(11-6-5-7-12(15)10-11)16-13-8-3-2-4-9-13/h2-10,14,16H,1H3. The fourth-order valence-electron chi connectivity index (χ4n) is 1.63. The molecule has 0 spiro atoms. The maximum Gasteiger partial charge on any atom is 0.153 e. The molecule has 17 heavy (non-hydrogen) atoms. The van der Waals surface area contributed by atoms with E-state index in [1.807, 2.05) is 36.4 Å². The quantitative estimate of drug-likeness (QED) is 0.812. The van der Waals surface area contributed by atoms with Crippen molar-refractivity contribution >= 4 is 5.69 Å². The van der Waals surface area contributed by atoms with E-state index in [9.17, 15) is 4.39 Å². The average Bonchev–Trinajstić information content (AvgIpc) is 2.37. The lowest BCUT2D eigenvalue weighted by Crippen LogP contribution is -2.12. The number of hydrogen-bond donors (Lipinski definition) is 1. The molecule has 0 bridgehead atoms. The maximum absolute atomic E-state index is 13.1. The van der Waals surface area contributed by atoms with Crippen LogP contribution in [0.4, 0.5) is 10.1 Å². The first-order chi connectivity index (χ1) is 8.29. The number of para-hydroxylation sites is 1. The minimum absolute atomic E-state index is 0.264. The van der Waals surface area contributed by atoms with Gasteiger partial charge < -0.3 is 10.1 Å². The molecule has 1 N–H and O–H groups in total. The molecule has 0 fully saturated rings. The molecular formula is C14H14FNO. The smallest absolute Gasteiger partial charge is 0.153 e. The number of hydrogen-bond acceptors (Lipinski definition) is 2. The first kappa shape index (κ1) is 11.6. The van der Waals surface area contributed by atoms with E-state index in [2.05, 4.69) is 5.32 Å². The van der Waals surface area contributed by atoms with Crippen molar-refractivity contribution in [1.29, 1.82) is 0 Å². The molecule has 3 heteroatoms. The lowest BCUT2D eigenvalue weighted by atomic mass is 10.2. The van der Waals surface area contributed by atoms with Gasteiger partial charge in [-0.05, 0) is 24.3 Å². The second-order valence-electron chi connectivity index (χ2n) is 3.68. The number of methoxy groups -OCH3 is 1. The van der Waals surface area contributed by atoms with Crippen LogP contribution in [0.2, 0.25) is 0 Å². The summed E-state index contributed by atoms with van der Waals surface area (Å²) in [6.07, 6.45) is -0.354. The van der Waals surface area contributed by atoms with Gasteiger partial charge in [-0.15, -0.1) is 0 Å². The van der Waals surface area contributed by atoms with E-state index >= 15 is 0 Å². The molecule has 1 atom stereocenters. The Labute approximate surface area is 100 Å². The van der Waals surface area contributed by atoms with Gasteiger partial charge in [0, 0.05) is 18.4 Å². The van der Waals surface area contributed by atoms with Crippen molar-refractivity contribution in [3.8, 4) is 0 Å². The molecule has 88 valence electrons. The molecule has 0 heterocycles. The monoisotopic (exact) mass is 231 g/mol. The Morgan fingerprint density at radius 3 is 2.47 bits per heavy atom. The Morgan fingerprint density at radius 1 is 1.06 bits per heavy atom. The van der Waals surface area contributed by atoms with Crippen LogP contribution in [0.15, 0.2) is 54.6 Å². The van der Waals surface area contributed by atoms with Gasteiger partial charge in [0.1, 0.15) is 5.82 Å². The molecule has 0 amide bonds. The highest BCUT2D eigenvalue weighted by atomic mass is 19.1. The number of ether oxygens (including phenoxy) is 1. The lowest BCUT2D eigenvalue weighted by Gasteiger charge is -2.18. The Morgan fingerprint density at radius 2 is 1.82 bits per heavy atom. The number of halogens is 1. The van der Waals surface area contributed by atoms with Crippen LogP contribution >= 0.6 is 0 Å². The molecule has 2 aromatic rings. The zero-order valence-electron chi connectivity index (χ0n) is 9.56. The molecule has 2 nitrogen and oxygen atoms in total. The van der Waals surface area contributed by atoms with Crippen LogP contribution in [-0.2, 0) is 4.74 Å². The summed E-state index contributed by atoms with van der Waals surface area (Å²) >= 11 is 0. The van der Waals surface area contributed by atoms with Crippen LogP contribution in [0, 0.1) is 5.82 Å². The van der Waals surface area contributed by atoms with E-state index in [1.54, 1.807) is 13.2 Å². The van der Waals surface area contributed by atoms with Crippen LogP contribution < -0.4 is 5.32 Å². The second-order valence-corrected chi connectivity index (χ2v) is 3.68. The van der Waals surface area contributed by atoms with Gasteiger partial charge in [0.2, 0.25) is 0 Å². The molecule has 0 saturated heterocycles. The van der Waals surface area contributed by atoms with Crippen molar-refractivity contribution in [2.24, 2.45) is 0 Å². The molecule has 0 aliphatic rings. The molecular weight excluding hydrogens is 217 g/mol. The molecule has 0 aromatic heterocycles. The summed E-state index contributed by atoms with van der Waals surface area (Å²) in [5, 5.41) is 3.18. The van der Waals surface area contributed by atoms with Crippen molar-refractivity contribution in [3.05, 3.63) is 66.0 Å². The van der Waals surface area contributed by atoms with Crippen LogP contribution in [0.3, 0.4) is 0 Å². The number of nitrogens with one attached hydrogen (secondary N) is 1. The van der Waals surface area contributed by atoms with Gasteiger partial charge in [-0.2, -0.15) is 0 Å². The second kappa shape index (κ2) is 5.46. The highest BCUT2D eigenvalue weighted by molar-refractivity contribution is 5.44. The van der Waals surface area contributed by atoms with E-state index in [-0.39, 0.29) is 12.0 Å². The Hall–Kier alpha value is -1.87. The summed E-state index contributed by atoms with van der Waals surface area (Å²) in [6.45, 7) is 0. The zero-order valence-corrected chi connectivity index (χ0v) is 9.56. The Balaban J connectivity index is 2.17. The molecule has 0 aliphatic heterocycles. The van der Waals surface area contributed by atoms with Crippen molar-refractivity contribution in [3.63, 3.8) is 0 Å². The van der Waals surface area contributed by atoms with Gasteiger partial charge in [0.15, 0.2) is 6.23 Å². The molecule has 0 saturated carbocycles. The first-order valence-corrected chi connectivity index (χ1v) is 5.39. The van der Waals surface area contributed by atoms with Crippen LogP contribution in [0.5, 0.6) is 0 Å². The average molecular weight is 231 g/mol. The third-order valence-corrected chi connectivity index (χ3v) is 2.46. The summed E-state index contributed by atoms with van der Waals surface area (Å²) < 4.78 is 18.4.